The summed E-state index contributed by atoms with van der Waals surface area (Å²) in [6.07, 6.45) is -0.897. The number of carbonyl (C=O) groups excluding carboxylic acids is 6. The molecule has 0 spiro atoms. The highest BCUT2D eigenvalue weighted by atomic mass is 16.6. The largest absolute Gasteiger partial charge is 0.416 e. The maximum atomic E-state index is 14.3. The van der Waals surface area contributed by atoms with E-state index in [4.69, 9.17) is 10.5 Å². The van der Waals surface area contributed by atoms with E-state index in [1.807, 2.05) is 0 Å². The van der Waals surface area contributed by atoms with Crippen LogP contribution in [0.25, 0.3) is 0 Å². The Labute approximate surface area is 222 Å². The van der Waals surface area contributed by atoms with Crippen LogP contribution < -0.4 is 15.8 Å². The van der Waals surface area contributed by atoms with Crippen molar-refractivity contribution in [3.8, 4) is 5.75 Å². The van der Waals surface area contributed by atoms with Crippen LogP contribution in [0.4, 0.5) is 4.79 Å². The van der Waals surface area contributed by atoms with E-state index in [0.29, 0.717) is 0 Å². The molecule has 1 aromatic rings. The van der Waals surface area contributed by atoms with Crippen LogP contribution in [-0.4, -0.2) is 81.3 Å². The number of nitrogens with zero attached hydrogens (tertiary/aromatic N) is 2. The molecule has 1 saturated heterocycles. The second-order valence-electron chi connectivity index (χ2n) is 10.2. The van der Waals surface area contributed by atoms with Crippen LogP contribution in [0.2, 0.25) is 0 Å². The van der Waals surface area contributed by atoms with Crippen molar-refractivity contribution in [1.29, 1.82) is 0 Å². The van der Waals surface area contributed by atoms with Gasteiger partial charge in [-0.1, -0.05) is 18.2 Å². The maximum absolute atomic E-state index is 14.3. The zero-order chi connectivity index (χ0) is 28.4. The summed E-state index contributed by atoms with van der Waals surface area (Å²) in [5.74, 6) is -3.55. The number of ether oxygens (including phenoxy) is 1. The van der Waals surface area contributed by atoms with E-state index in [2.05, 4.69) is 5.32 Å². The standard InChI is InChI=1S/C27H36N4O7/c1-15(2)31(26(37)38-19-9-7-6-8-10-19)18(5)23(34)27-20(21(32)11-12-22(27)33)13-14-30(27)25(36)17(4)29-24(35)16(3)28/h6-10,15-18,20H,11-14,28H2,1-5H3,(H,29,35)/t16-,17-,18?,20?,27+/m0/s1. The van der Waals surface area contributed by atoms with Crippen molar-refractivity contribution < 1.29 is 33.5 Å². The molecule has 3 amide bonds. The van der Waals surface area contributed by atoms with Crippen LogP contribution in [0.5, 0.6) is 5.75 Å². The summed E-state index contributed by atoms with van der Waals surface area (Å²) in [6.45, 7) is 7.74. The zero-order valence-corrected chi connectivity index (χ0v) is 22.4. The molecule has 0 aromatic heterocycles. The number of hydrogen-bond donors (Lipinski definition) is 2. The Kier molecular flexibility index (Phi) is 8.71. The normalized spacial score (nSPS) is 23.3. The molecule has 0 radical (unpaired) electrons. The number of amides is 3. The third-order valence-corrected chi connectivity index (χ3v) is 7.28. The summed E-state index contributed by atoms with van der Waals surface area (Å²) in [4.78, 5) is 82.1. The third kappa shape index (κ3) is 5.20. The van der Waals surface area contributed by atoms with E-state index in [0.717, 1.165) is 4.90 Å². The molecular formula is C27H36N4O7. The van der Waals surface area contributed by atoms with E-state index in [-0.39, 0.29) is 37.3 Å². The number of nitrogens with two attached hydrogens (primary N) is 1. The number of nitrogens with one attached hydrogen (secondary N) is 1. The molecule has 5 atom stereocenters. The van der Waals surface area contributed by atoms with E-state index < -0.39 is 65.1 Å². The maximum Gasteiger partial charge on any atom is 0.416 e. The average Bonchev–Trinajstić information content (AvgIpc) is 3.28. The molecule has 1 aromatic carbocycles. The molecule has 11 nitrogen and oxygen atoms in total. The van der Waals surface area contributed by atoms with Crippen LogP contribution in [-0.2, 0) is 24.0 Å². The van der Waals surface area contributed by atoms with Gasteiger partial charge in [-0.25, -0.2) is 4.79 Å². The van der Waals surface area contributed by atoms with Gasteiger partial charge in [0, 0.05) is 25.4 Å². The molecule has 2 unspecified atom stereocenters. The second-order valence-corrected chi connectivity index (χ2v) is 10.2. The van der Waals surface area contributed by atoms with Crippen molar-refractivity contribution in [3.63, 3.8) is 0 Å². The molecule has 1 heterocycles. The SMILES string of the molecule is CC(C)N(C(=O)Oc1ccccc1)C(C)C(=O)[C@]12C(=O)CCC(=O)C1CCN2C(=O)[C@H](C)NC(=O)[C@H](C)N. The monoisotopic (exact) mass is 528 g/mol. The Balaban J connectivity index is 2.00. The van der Waals surface area contributed by atoms with Crippen LogP contribution in [0.1, 0.15) is 53.9 Å². The summed E-state index contributed by atoms with van der Waals surface area (Å²) in [5, 5.41) is 2.50. The Bertz CT molecular complexity index is 1120. The van der Waals surface area contributed by atoms with Gasteiger partial charge in [-0.2, -0.15) is 0 Å². The van der Waals surface area contributed by atoms with Crippen molar-refractivity contribution in [2.45, 2.75) is 83.6 Å². The molecule has 0 bridgehead atoms. The molecule has 1 aliphatic carbocycles. The van der Waals surface area contributed by atoms with Crippen molar-refractivity contribution in [1.82, 2.24) is 15.1 Å². The van der Waals surface area contributed by atoms with Gasteiger partial charge < -0.3 is 20.7 Å². The predicted octanol–water partition coefficient (Wildman–Crippen LogP) is 1.22. The zero-order valence-electron chi connectivity index (χ0n) is 22.4. The van der Waals surface area contributed by atoms with Crippen LogP contribution >= 0.6 is 0 Å². The average molecular weight is 529 g/mol. The highest BCUT2D eigenvalue weighted by Crippen LogP contribution is 2.44. The minimum absolute atomic E-state index is 0.0180. The Morgan fingerprint density at radius 1 is 1.05 bits per heavy atom. The van der Waals surface area contributed by atoms with Gasteiger partial charge in [0.05, 0.1) is 18.0 Å². The molecule has 2 fully saturated rings. The highest BCUT2D eigenvalue weighted by Gasteiger charge is 2.66. The molecule has 206 valence electrons. The quantitative estimate of drug-likeness (QED) is 0.477. The van der Waals surface area contributed by atoms with Crippen LogP contribution in [0, 0.1) is 5.92 Å². The molecule has 3 N–H and O–H groups in total. The van der Waals surface area contributed by atoms with Gasteiger partial charge in [0.15, 0.2) is 17.1 Å². The summed E-state index contributed by atoms with van der Waals surface area (Å²) in [5.41, 5.74) is 3.53. The number of para-hydroxylation sites is 1. The Morgan fingerprint density at radius 2 is 1.68 bits per heavy atom. The van der Waals surface area contributed by atoms with Gasteiger partial charge in [-0.3, -0.25) is 28.9 Å². The first-order valence-corrected chi connectivity index (χ1v) is 12.9. The number of rotatable bonds is 8. The van der Waals surface area contributed by atoms with Crippen molar-refractivity contribution in [3.05, 3.63) is 30.3 Å². The van der Waals surface area contributed by atoms with Gasteiger partial charge in [-0.05, 0) is 53.2 Å². The summed E-state index contributed by atoms with van der Waals surface area (Å²) >= 11 is 0. The molecular weight excluding hydrogens is 492 g/mol. The van der Waals surface area contributed by atoms with Gasteiger partial charge in [0.1, 0.15) is 17.6 Å². The van der Waals surface area contributed by atoms with E-state index in [9.17, 15) is 28.8 Å². The molecule has 38 heavy (non-hydrogen) atoms. The van der Waals surface area contributed by atoms with E-state index in [1.165, 1.54) is 25.7 Å². The minimum Gasteiger partial charge on any atom is -0.410 e. The topological polar surface area (TPSA) is 156 Å². The fraction of sp³-hybridized carbons (Fsp3) is 0.556. The lowest BCUT2D eigenvalue weighted by atomic mass is 9.67. The number of Topliss-reactive ketones (excluding diaryl/α,β-unsaturated/α-hetero) is 3. The van der Waals surface area contributed by atoms with Crippen molar-refractivity contribution >= 4 is 35.3 Å². The molecule has 1 aliphatic heterocycles. The summed E-state index contributed by atoms with van der Waals surface area (Å²) in [6, 6.07) is 4.65. The summed E-state index contributed by atoms with van der Waals surface area (Å²) < 4.78 is 5.48. The van der Waals surface area contributed by atoms with Crippen molar-refractivity contribution in [2.75, 3.05) is 6.54 Å². The van der Waals surface area contributed by atoms with E-state index >= 15 is 0 Å². The number of ketones is 3. The van der Waals surface area contributed by atoms with Crippen LogP contribution in [0.3, 0.4) is 0 Å². The van der Waals surface area contributed by atoms with Crippen molar-refractivity contribution in [2.24, 2.45) is 11.7 Å². The molecule has 3 rings (SSSR count). The third-order valence-electron chi connectivity index (χ3n) is 7.28. The van der Waals surface area contributed by atoms with Gasteiger partial charge >= 0.3 is 6.09 Å². The van der Waals surface area contributed by atoms with Gasteiger partial charge in [0.2, 0.25) is 11.8 Å². The van der Waals surface area contributed by atoms with E-state index in [1.54, 1.807) is 44.2 Å². The predicted molar refractivity (Wildman–Crippen MR) is 137 cm³/mol. The second kappa shape index (κ2) is 11.4. The Morgan fingerprint density at radius 3 is 2.26 bits per heavy atom. The Hall–Kier alpha value is -3.60. The molecule has 2 aliphatic rings. The molecule has 1 saturated carbocycles. The summed E-state index contributed by atoms with van der Waals surface area (Å²) in [7, 11) is 0. The first-order valence-electron chi connectivity index (χ1n) is 12.9. The first kappa shape index (κ1) is 29.0. The van der Waals surface area contributed by atoms with Gasteiger partial charge in [-0.15, -0.1) is 0 Å². The number of benzene rings is 1. The number of carbonyl (C=O) groups is 6. The first-order chi connectivity index (χ1) is 17.8. The van der Waals surface area contributed by atoms with Crippen LogP contribution in [0.15, 0.2) is 30.3 Å². The lowest BCUT2D eigenvalue weighted by Crippen LogP contribution is -2.70. The van der Waals surface area contributed by atoms with Gasteiger partial charge in [0.25, 0.3) is 0 Å². The number of likely N-dealkylation sites (tertiary alicyclic amines) is 1. The number of hydrogen-bond acceptors (Lipinski definition) is 8. The lowest BCUT2D eigenvalue weighted by molar-refractivity contribution is -0.161. The fourth-order valence-corrected chi connectivity index (χ4v) is 5.44. The minimum atomic E-state index is -2.07. The smallest absolute Gasteiger partial charge is 0.410 e. The highest BCUT2D eigenvalue weighted by molar-refractivity contribution is 6.21. The number of fused-ring (bicyclic) bond motifs is 1. The molecule has 11 heteroatoms. The fourth-order valence-electron chi connectivity index (χ4n) is 5.44. The lowest BCUT2D eigenvalue weighted by Gasteiger charge is -2.45.